The number of fused-ring (bicyclic) bond motifs is 1. The second-order valence-corrected chi connectivity index (χ2v) is 13.0. The molecule has 1 saturated heterocycles. The fourth-order valence-electron chi connectivity index (χ4n) is 7.25. The number of carbonyl (C=O) groups excluding carboxylic acids is 2. The number of carbonyl (C=O) groups is 2. The zero-order valence-electron chi connectivity index (χ0n) is 27.3. The quantitative estimate of drug-likeness (QED) is 0.0763. The van der Waals surface area contributed by atoms with Crippen LogP contribution in [0.15, 0.2) is 120 Å². The smallest absolute Gasteiger partial charge is 0.238 e. The van der Waals surface area contributed by atoms with Crippen molar-refractivity contribution in [1.29, 1.82) is 0 Å². The summed E-state index contributed by atoms with van der Waals surface area (Å²) in [6.45, 7) is 3.73. The van der Waals surface area contributed by atoms with Crippen LogP contribution in [0.2, 0.25) is 0 Å². The molecule has 246 valence electrons. The number of aliphatic hydroxyl groups excluding tert-OH is 2. The van der Waals surface area contributed by atoms with Gasteiger partial charge < -0.3 is 20.6 Å². The lowest BCUT2D eigenvalue weighted by Crippen LogP contribution is -2.39. The van der Waals surface area contributed by atoms with Crippen LogP contribution >= 0.6 is 0 Å². The molecule has 1 aliphatic carbocycles. The molecule has 0 aromatic heterocycles. The van der Waals surface area contributed by atoms with E-state index in [4.69, 9.17) is 0 Å². The normalized spacial score (nSPS) is 20.3. The van der Waals surface area contributed by atoms with Crippen LogP contribution < -0.4 is 10.2 Å². The SMILES string of the molecule is CC(C)C1=C([C@H](O)CC/C(=C/c2ccc(O)cc2)c2ccccc2)[C@H](CO)[C@@H]2C(=O)N(c3ccc(Nc4ccccc4)cc3)C(=O)[C@@H]2C1. The summed E-state index contributed by atoms with van der Waals surface area (Å²) in [6, 6.07) is 33.9. The van der Waals surface area contributed by atoms with Crippen molar-refractivity contribution in [3.05, 3.63) is 131 Å². The average molecular weight is 643 g/mol. The monoisotopic (exact) mass is 642 g/mol. The minimum absolute atomic E-state index is 0.0195. The first-order valence-corrected chi connectivity index (χ1v) is 16.6. The van der Waals surface area contributed by atoms with Crippen LogP contribution in [0.5, 0.6) is 5.75 Å². The van der Waals surface area contributed by atoms with Gasteiger partial charge in [0.1, 0.15) is 5.75 Å². The Hall–Kier alpha value is -4.98. The maximum Gasteiger partial charge on any atom is 0.238 e. The van der Waals surface area contributed by atoms with Crippen molar-refractivity contribution in [2.45, 2.75) is 39.2 Å². The first-order chi connectivity index (χ1) is 23.2. The number of benzene rings is 4. The van der Waals surface area contributed by atoms with Crippen molar-refractivity contribution in [2.24, 2.45) is 23.7 Å². The van der Waals surface area contributed by atoms with Gasteiger partial charge in [-0.1, -0.05) is 86.2 Å². The number of rotatable bonds is 11. The Bertz CT molecular complexity index is 1800. The third kappa shape index (κ3) is 6.84. The molecular weight excluding hydrogens is 600 g/mol. The molecule has 1 aliphatic heterocycles. The molecule has 0 bridgehead atoms. The molecule has 4 aromatic rings. The lowest BCUT2D eigenvalue weighted by molar-refractivity contribution is -0.123. The molecule has 0 saturated carbocycles. The van der Waals surface area contributed by atoms with Gasteiger partial charge in [0, 0.05) is 17.3 Å². The highest BCUT2D eigenvalue weighted by molar-refractivity contribution is 6.22. The molecule has 48 heavy (non-hydrogen) atoms. The predicted octanol–water partition coefficient (Wildman–Crippen LogP) is 7.59. The van der Waals surface area contributed by atoms with Crippen molar-refractivity contribution < 1.29 is 24.9 Å². The van der Waals surface area contributed by atoms with Gasteiger partial charge >= 0.3 is 0 Å². The number of aromatic hydroxyl groups is 1. The summed E-state index contributed by atoms with van der Waals surface area (Å²) in [5.74, 6) is -2.40. The average Bonchev–Trinajstić information content (AvgIpc) is 3.36. The summed E-state index contributed by atoms with van der Waals surface area (Å²) >= 11 is 0. The largest absolute Gasteiger partial charge is 0.508 e. The molecule has 7 heteroatoms. The Labute approximate surface area is 281 Å². The van der Waals surface area contributed by atoms with Crippen molar-refractivity contribution in [1.82, 2.24) is 0 Å². The van der Waals surface area contributed by atoms with Crippen molar-refractivity contribution >= 4 is 40.5 Å². The Morgan fingerprint density at radius 1 is 0.854 bits per heavy atom. The number of phenolic OH excluding ortho intramolecular Hbond substituents is 1. The molecule has 4 atom stereocenters. The topological polar surface area (TPSA) is 110 Å². The number of hydrogen-bond donors (Lipinski definition) is 4. The van der Waals surface area contributed by atoms with Crippen LogP contribution in [-0.4, -0.2) is 39.8 Å². The van der Waals surface area contributed by atoms with Crippen LogP contribution in [0.1, 0.15) is 44.2 Å². The first kappa shape index (κ1) is 32.9. The number of nitrogens with zero attached hydrogens (tertiary/aromatic N) is 1. The molecular formula is C41H42N2O5. The molecule has 0 spiro atoms. The van der Waals surface area contributed by atoms with E-state index in [2.05, 4.69) is 11.4 Å². The molecule has 0 unspecified atom stereocenters. The van der Waals surface area contributed by atoms with Crippen LogP contribution in [0.4, 0.5) is 17.1 Å². The highest BCUT2D eigenvalue weighted by Gasteiger charge is 2.55. The van der Waals surface area contributed by atoms with E-state index >= 15 is 0 Å². The van der Waals surface area contributed by atoms with E-state index in [0.717, 1.165) is 33.6 Å². The molecule has 4 aromatic carbocycles. The van der Waals surface area contributed by atoms with E-state index in [0.29, 0.717) is 30.5 Å². The zero-order chi connectivity index (χ0) is 33.8. The summed E-state index contributed by atoms with van der Waals surface area (Å²) in [4.78, 5) is 29.2. The van der Waals surface area contributed by atoms with E-state index in [9.17, 15) is 24.9 Å². The minimum Gasteiger partial charge on any atom is -0.508 e. The number of phenols is 1. The van der Waals surface area contributed by atoms with Gasteiger partial charge in [0.2, 0.25) is 11.8 Å². The maximum atomic E-state index is 14.1. The van der Waals surface area contributed by atoms with Gasteiger partial charge in [0.05, 0.1) is 30.2 Å². The second-order valence-electron chi connectivity index (χ2n) is 13.0. The Morgan fingerprint density at radius 2 is 1.48 bits per heavy atom. The van der Waals surface area contributed by atoms with E-state index in [1.807, 2.05) is 98.8 Å². The van der Waals surface area contributed by atoms with Crippen LogP contribution in [0, 0.1) is 23.7 Å². The van der Waals surface area contributed by atoms with Gasteiger partial charge in [-0.3, -0.25) is 14.5 Å². The minimum atomic E-state index is -0.910. The maximum absolute atomic E-state index is 14.1. The van der Waals surface area contributed by atoms with Crippen molar-refractivity contribution in [3.63, 3.8) is 0 Å². The zero-order valence-corrected chi connectivity index (χ0v) is 27.3. The van der Waals surface area contributed by atoms with Crippen LogP contribution in [0.25, 0.3) is 11.6 Å². The number of aliphatic hydroxyl groups is 2. The summed E-state index contributed by atoms with van der Waals surface area (Å²) < 4.78 is 0. The van der Waals surface area contributed by atoms with E-state index in [1.165, 1.54) is 4.90 Å². The number of imide groups is 1. The van der Waals surface area contributed by atoms with Crippen molar-refractivity contribution in [3.8, 4) is 5.75 Å². The Balaban J connectivity index is 1.25. The fourth-order valence-corrected chi connectivity index (χ4v) is 7.25. The molecule has 0 radical (unpaired) electrons. The van der Waals surface area contributed by atoms with Gasteiger partial charge in [-0.15, -0.1) is 0 Å². The van der Waals surface area contributed by atoms with Crippen LogP contribution in [0.3, 0.4) is 0 Å². The summed E-state index contributed by atoms with van der Waals surface area (Å²) in [5.41, 5.74) is 6.86. The first-order valence-electron chi connectivity index (χ1n) is 16.6. The van der Waals surface area contributed by atoms with E-state index < -0.39 is 23.9 Å². The third-order valence-electron chi connectivity index (χ3n) is 9.63. The molecule has 2 aliphatic rings. The van der Waals surface area contributed by atoms with E-state index in [1.54, 1.807) is 24.3 Å². The standard InChI is InChI=1S/C41H42N2O5/c1-26(2)34-24-35-39(41(48)43(40(35)47)32-18-16-31(17-19-32)42-30-11-7-4-8-12-30)36(25-44)38(34)37(46)22-15-29(28-9-5-3-6-10-28)23-27-13-20-33(45)21-14-27/h3-14,16-21,23,26,35-37,39,42,44-46H,15,22,24-25H2,1-2H3/b29-23-/t35-,36+,37-,39-/m1/s1. The number of para-hydroxylation sites is 1. The molecule has 1 fully saturated rings. The highest BCUT2D eigenvalue weighted by Crippen LogP contribution is 2.49. The summed E-state index contributed by atoms with van der Waals surface area (Å²) in [6.07, 6.45) is 2.43. The lowest BCUT2D eigenvalue weighted by Gasteiger charge is -2.38. The number of anilines is 3. The summed E-state index contributed by atoms with van der Waals surface area (Å²) in [5, 5.41) is 35.7. The molecule has 4 N–H and O–H groups in total. The second kappa shape index (κ2) is 14.4. The van der Waals surface area contributed by atoms with Gasteiger partial charge in [0.25, 0.3) is 0 Å². The van der Waals surface area contributed by atoms with Gasteiger partial charge in [-0.2, -0.15) is 0 Å². The highest BCUT2D eigenvalue weighted by atomic mass is 16.3. The molecule has 1 heterocycles. The number of hydrogen-bond acceptors (Lipinski definition) is 6. The number of amides is 2. The number of nitrogens with one attached hydrogen (secondary N) is 1. The number of allylic oxidation sites excluding steroid dienone is 2. The predicted molar refractivity (Wildman–Crippen MR) is 190 cm³/mol. The van der Waals surface area contributed by atoms with Gasteiger partial charge in [-0.05, 0) is 96.0 Å². The summed E-state index contributed by atoms with van der Waals surface area (Å²) in [7, 11) is 0. The third-order valence-corrected chi connectivity index (χ3v) is 9.63. The molecule has 6 rings (SSSR count). The lowest BCUT2D eigenvalue weighted by atomic mass is 9.66. The van der Waals surface area contributed by atoms with Crippen molar-refractivity contribution in [2.75, 3.05) is 16.8 Å². The van der Waals surface area contributed by atoms with Gasteiger partial charge in [0.15, 0.2) is 0 Å². The molecule has 7 nitrogen and oxygen atoms in total. The van der Waals surface area contributed by atoms with Gasteiger partial charge in [-0.25, -0.2) is 0 Å². The Kier molecular flexibility index (Phi) is 9.90. The van der Waals surface area contributed by atoms with Crippen LogP contribution in [-0.2, 0) is 9.59 Å². The Morgan fingerprint density at radius 3 is 2.10 bits per heavy atom. The van der Waals surface area contributed by atoms with E-state index in [-0.39, 0.29) is 30.1 Å². The molecule has 2 amide bonds. The fraction of sp³-hybridized carbons (Fsp3) is 0.268.